The van der Waals surface area contributed by atoms with Gasteiger partial charge >= 0.3 is 6.18 Å². The van der Waals surface area contributed by atoms with Gasteiger partial charge in [0.05, 0.1) is 17.9 Å². The van der Waals surface area contributed by atoms with E-state index in [1.54, 1.807) is 18.3 Å². The van der Waals surface area contributed by atoms with Crippen LogP contribution in [0.5, 0.6) is 5.88 Å². The van der Waals surface area contributed by atoms with E-state index in [0.29, 0.717) is 29.1 Å². The fourth-order valence-electron chi connectivity index (χ4n) is 3.39. The van der Waals surface area contributed by atoms with Gasteiger partial charge in [-0.15, -0.1) is 0 Å². The van der Waals surface area contributed by atoms with E-state index in [1.807, 2.05) is 35.2 Å². The van der Waals surface area contributed by atoms with Crippen LogP contribution in [0.4, 0.5) is 13.2 Å². The topological polar surface area (TPSA) is 60.2 Å². The summed E-state index contributed by atoms with van der Waals surface area (Å²) in [5.74, 6) is 1.32. The third kappa shape index (κ3) is 4.86. The predicted octanol–water partition coefficient (Wildman–Crippen LogP) is 4.87. The summed E-state index contributed by atoms with van der Waals surface area (Å²) < 4.78 is 46.7. The van der Waals surface area contributed by atoms with Crippen LogP contribution < -0.4 is 4.74 Å². The summed E-state index contributed by atoms with van der Waals surface area (Å²) in [6.07, 6.45) is 6.07. The summed E-state index contributed by atoms with van der Waals surface area (Å²) in [4.78, 5) is 8.74. The smallest absolute Gasteiger partial charge is 0.416 e. The van der Waals surface area contributed by atoms with Crippen molar-refractivity contribution in [3.05, 3.63) is 89.2 Å². The van der Waals surface area contributed by atoms with E-state index in [1.165, 1.54) is 6.07 Å². The Labute approximate surface area is 177 Å². The van der Waals surface area contributed by atoms with Gasteiger partial charge in [-0.1, -0.05) is 24.3 Å². The molecule has 5 nitrogen and oxygen atoms in total. The minimum absolute atomic E-state index is 0.215. The van der Waals surface area contributed by atoms with E-state index in [4.69, 9.17) is 4.74 Å². The highest BCUT2D eigenvalue weighted by molar-refractivity contribution is 5.84. The lowest BCUT2D eigenvalue weighted by Crippen LogP contribution is -2.07. The minimum Gasteiger partial charge on any atom is -0.471 e. The van der Waals surface area contributed by atoms with E-state index in [2.05, 4.69) is 9.97 Å². The summed E-state index contributed by atoms with van der Waals surface area (Å²) in [7, 11) is 0. The van der Waals surface area contributed by atoms with Crippen LogP contribution in [0.3, 0.4) is 0 Å². The van der Waals surface area contributed by atoms with Crippen molar-refractivity contribution in [2.24, 2.45) is 0 Å². The lowest BCUT2D eigenvalue weighted by Gasteiger charge is -2.15. The molecule has 1 aromatic carbocycles. The van der Waals surface area contributed by atoms with Gasteiger partial charge in [0.15, 0.2) is 0 Å². The van der Waals surface area contributed by atoms with E-state index in [-0.39, 0.29) is 12.2 Å². The first-order valence-corrected chi connectivity index (χ1v) is 9.74. The van der Waals surface area contributed by atoms with Gasteiger partial charge < -0.3 is 14.4 Å². The number of imidazole rings is 1. The Kier molecular flexibility index (Phi) is 5.90. The summed E-state index contributed by atoms with van der Waals surface area (Å²) >= 11 is 0. The normalized spacial score (nSPS) is 13.9. The van der Waals surface area contributed by atoms with Crippen LogP contribution in [0, 0.1) is 0 Å². The van der Waals surface area contributed by atoms with Crippen molar-refractivity contribution >= 4 is 11.8 Å². The third-order valence-electron chi connectivity index (χ3n) is 4.89. The van der Waals surface area contributed by atoms with Crippen molar-refractivity contribution < 1.29 is 23.0 Å². The van der Waals surface area contributed by atoms with E-state index >= 15 is 0 Å². The number of fused-ring (bicyclic) bond motifs is 1. The number of aromatic nitrogens is 3. The number of halogens is 3. The van der Waals surface area contributed by atoms with Crippen molar-refractivity contribution in [2.75, 3.05) is 0 Å². The fourth-order valence-corrected chi connectivity index (χ4v) is 3.39. The van der Waals surface area contributed by atoms with Gasteiger partial charge in [0.25, 0.3) is 0 Å². The average Bonchev–Trinajstić information content (AvgIpc) is 3.12. The molecule has 3 aromatic rings. The number of aryl methyl sites for hydroxylation is 1. The first kappa shape index (κ1) is 20.9. The van der Waals surface area contributed by atoms with Crippen LogP contribution in [0.25, 0.3) is 11.8 Å². The molecule has 0 atom stereocenters. The molecule has 0 bridgehead atoms. The summed E-state index contributed by atoms with van der Waals surface area (Å²) in [5, 5.41) is 9.68. The van der Waals surface area contributed by atoms with Gasteiger partial charge in [-0.2, -0.15) is 13.2 Å². The number of hydrogen-bond acceptors (Lipinski definition) is 4. The lowest BCUT2D eigenvalue weighted by molar-refractivity contribution is -0.137. The number of rotatable bonds is 5. The number of allylic oxidation sites excluding steroid dienone is 3. The second kappa shape index (κ2) is 8.77. The van der Waals surface area contributed by atoms with E-state index < -0.39 is 18.3 Å². The monoisotopic (exact) mass is 427 g/mol. The molecule has 4 rings (SSSR count). The standard InChI is InChI=1S/C23H20F3N3O2/c24-23(25,26)18-8-9-20(17(11-18)14-30)16-5-1-2-6-21-28-19(13-29(21)12-16)15-31-22-7-3-4-10-27-22/h1,3-5,7-13,30H,2,6,14-15H2. The van der Waals surface area contributed by atoms with Crippen molar-refractivity contribution in [2.45, 2.75) is 32.2 Å². The molecule has 3 heterocycles. The molecule has 0 unspecified atom stereocenters. The quantitative estimate of drug-likeness (QED) is 0.631. The molecule has 0 radical (unpaired) electrons. The molecule has 0 saturated heterocycles. The Morgan fingerprint density at radius 1 is 1.16 bits per heavy atom. The molecule has 1 aliphatic heterocycles. The highest BCUT2D eigenvalue weighted by Gasteiger charge is 2.31. The first-order chi connectivity index (χ1) is 14.9. The van der Waals surface area contributed by atoms with Gasteiger partial charge in [-0.25, -0.2) is 9.97 Å². The Hall–Kier alpha value is -3.39. The molecule has 0 saturated carbocycles. The fraction of sp³-hybridized carbons (Fsp3) is 0.217. The van der Waals surface area contributed by atoms with Crippen LogP contribution in [-0.4, -0.2) is 19.6 Å². The maximum absolute atomic E-state index is 13.1. The predicted molar refractivity (Wildman–Crippen MR) is 110 cm³/mol. The molecule has 0 fully saturated rings. The third-order valence-corrected chi connectivity index (χ3v) is 4.89. The van der Waals surface area contributed by atoms with Gasteiger partial charge in [0.2, 0.25) is 5.88 Å². The molecule has 0 spiro atoms. The van der Waals surface area contributed by atoms with Crippen molar-refractivity contribution in [3.63, 3.8) is 0 Å². The Balaban J connectivity index is 1.64. The van der Waals surface area contributed by atoms with Crippen LogP contribution >= 0.6 is 0 Å². The zero-order chi connectivity index (χ0) is 21.8. The molecule has 8 heteroatoms. The summed E-state index contributed by atoms with van der Waals surface area (Å²) in [6.45, 7) is -0.250. The molecule has 0 aliphatic carbocycles. The number of ether oxygens (including phenoxy) is 1. The largest absolute Gasteiger partial charge is 0.471 e. The number of benzene rings is 1. The Bertz CT molecular complexity index is 1120. The van der Waals surface area contributed by atoms with Crippen molar-refractivity contribution in [3.8, 4) is 5.88 Å². The number of alkyl halides is 3. The number of nitrogens with zero attached hydrogens (tertiary/aromatic N) is 3. The molecular weight excluding hydrogens is 407 g/mol. The molecular formula is C23H20F3N3O2. The number of pyridine rings is 1. The maximum Gasteiger partial charge on any atom is 0.416 e. The van der Waals surface area contributed by atoms with Crippen molar-refractivity contribution in [1.29, 1.82) is 0 Å². The van der Waals surface area contributed by atoms with Gasteiger partial charge in [0, 0.05) is 31.1 Å². The number of hydrogen-bond donors (Lipinski definition) is 1. The van der Waals surface area contributed by atoms with Crippen LogP contribution in [0.1, 0.15) is 34.6 Å². The van der Waals surface area contributed by atoms with Gasteiger partial charge in [0.1, 0.15) is 12.4 Å². The maximum atomic E-state index is 13.1. The number of aliphatic hydroxyl groups excluding tert-OH is 1. The molecule has 160 valence electrons. The number of aliphatic hydroxyl groups is 1. The summed E-state index contributed by atoms with van der Waals surface area (Å²) in [5.41, 5.74) is 1.38. The Morgan fingerprint density at radius 3 is 2.77 bits per heavy atom. The van der Waals surface area contributed by atoms with Crippen LogP contribution in [0.2, 0.25) is 0 Å². The molecule has 1 aliphatic rings. The first-order valence-electron chi connectivity index (χ1n) is 9.74. The van der Waals surface area contributed by atoms with E-state index in [9.17, 15) is 18.3 Å². The highest BCUT2D eigenvalue weighted by Crippen LogP contribution is 2.33. The van der Waals surface area contributed by atoms with Crippen molar-refractivity contribution in [1.82, 2.24) is 14.5 Å². The van der Waals surface area contributed by atoms with Crippen LogP contribution in [0.15, 0.2) is 60.9 Å². The van der Waals surface area contributed by atoms with Gasteiger partial charge in [-0.05, 0) is 41.3 Å². The molecule has 0 amide bonds. The van der Waals surface area contributed by atoms with Gasteiger partial charge in [-0.3, -0.25) is 0 Å². The zero-order valence-corrected chi connectivity index (χ0v) is 16.5. The minimum atomic E-state index is -4.46. The van der Waals surface area contributed by atoms with Crippen LogP contribution in [-0.2, 0) is 25.8 Å². The highest BCUT2D eigenvalue weighted by atomic mass is 19.4. The molecule has 2 aromatic heterocycles. The average molecular weight is 427 g/mol. The second-order valence-corrected chi connectivity index (χ2v) is 7.07. The molecule has 31 heavy (non-hydrogen) atoms. The summed E-state index contributed by atoms with van der Waals surface area (Å²) in [6, 6.07) is 8.81. The van der Waals surface area contributed by atoms with E-state index in [0.717, 1.165) is 24.4 Å². The molecule has 1 N–H and O–H groups in total. The second-order valence-electron chi connectivity index (χ2n) is 7.07. The zero-order valence-electron chi connectivity index (χ0n) is 16.5. The SMILES string of the molecule is OCc1cc(C(F)(F)F)ccc1C1=Cn2cc(COc3ccccn3)nc2CCC=C1. The Morgan fingerprint density at radius 2 is 2.03 bits per heavy atom. The lowest BCUT2D eigenvalue weighted by atomic mass is 9.97.